The fourth-order valence-electron chi connectivity index (χ4n) is 3.49. The zero-order valence-electron chi connectivity index (χ0n) is 13.9. The van der Waals surface area contributed by atoms with Crippen molar-refractivity contribution in [2.75, 3.05) is 7.11 Å². The van der Waals surface area contributed by atoms with Crippen LogP contribution in [0.15, 0.2) is 52.1 Å². The number of hydrogen-bond donors (Lipinski definition) is 1. The van der Waals surface area contributed by atoms with Gasteiger partial charge in [-0.3, -0.25) is 0 Å². The van der Waals surface area contributed by atoms with Gasteiger partial charge >= 0.3 is 0 Å². The molecule has 1 heterocycles. The molecule has 126 valence electrons. The maximum Gasteiger partial charge on any atom is 0.106 e. The maximum absolute atomic E-state index is 6.13. The molecule has 1 aromatic heterocycles. The quantitative estimate of drug-likeness (QED) is 0.409. The average Bonchev–Trinajstić information content (AvgIpc) is 3.14. The fraction of sp³-hybridized carbons (Fsp3) is 0.150. The van der Waals surface area contributed by atoms with Crippen LogP contribution in [-0.4, -0.2) is 17.8 Å². The van der Waals surface area contributed by atoms with Gasteiger partial charge in [0, 0.05) is 38.1 Å². The van der Waals surface area contributed by atoms with E-state index in [-0.39, 0.29) is 0 Å². The molecule has 3 nitrogen and oxygen atoms in total. The first-order valence-electron chi connectivity index (χ1n) is 7.95. The van der Waals surface area contributed by atoms with Gasteiger partial charge in [0.2, 0.25) is 0 Å². The van der Waals surface area contributed by atoms with E-state index in [4.69, 9.17) is 16.4 Å². The third-order valence-corrected chi connectivity index (χ3v) is 5.23. The van der Waals surface area contributed by atoms with E-state index >= 15 is 0 Å². The number of halogens is 2. The Bertz CT molecular complexity index is 1050. The van der Waals surface area contributed by atoms with Gasteiger partial charge in [0.1, 0.15) is 7.11 Å². The predicted molar refractivity (Wildman–Crippen MR) is 108 cm³/mol. The molecule has 0 bridgehead atoms. The van der Waals surface area contributed by atoms with E-state index in [1.165, 1.54) is 16.7 Å². The molecule has 0 unspecified atom stereocenters. The van der Waals surface area contributed by atoms with Crippen molar-refractivity contribution < 1.29 is 4.84 Å². The van der Waals surface area contributed by atoms with Crippen LogP contribution in [0.2, 0.25) is 5.02 Å². The van der Waals surface area contributed by atoms with Crippen molar-refractivity contribution >= 4 is 55.3 Å². The molecule has 3 aromatic rings. The van der Waals surface area contributed by atoms with E-state index in [0.29, 0.717) is 0 Å². The van der Waals surface area contributed by atoms with Crippen LogP contribution in [0, 0.1) is 0 Å². The summed E-state index contributed by atoms with van der Waals surface area (Å²) >= 11 is 9.70. The van der Waals surface area contributed by atoms with Crippen LogP contribution in [0.25, 0.3) is 22.0 Å². The summed E-state index contributed by atoms with van der Waals surface area (Å²) in [6, 6.07) is 14.4. The van der Waals surface area contributed by atoms with Gasteiger partial charge in [-0.25, -0.2) is 0 Å². The summed E-state index contributed by atoms with van der Waals surface area (Å²) in [4.78, 5) is 8.55. The van der Waals surface area contributed by atoms with Gasteiger partial charge in [-0.15, -0.1) is 0 Å². The molecule has 0 fully saturated rings. The lowest BCUT2D eigenvalue weighted by Crippen LogP contribution is -1.98. The van der Waals surface area contributed by atoms with Crippen LogP contribution in [0.4, 0.5) is 0 Å². The molecule has 4 rings (SSSR count). The molecule has 0 saturated carbocycles. The Hall–Kier alpha value is -2.04. The highest BCUT2D eigenvalue weighted by Crippen LogP contribution is 2.41. The van der Waals surface area contributed by atoms with Crippen molar-refractivity contribution in [3.8, 4) is 0 Å². The van der Waals surface area contributed by atoms with E-state index in [2.05, 4.69) is 50.3 Å². The highest BCUT2D eigenvalue weighted by atomic mass is 79.9. The van der Waals surface area contributed by atoms with Crippen LogP contribution >= 0.6 is 27.5 Å². The minimum atomic E-state index is 0.739. The Kier molecular flexibility index (Phi) is 4.18. The summed E-state index contributed by atoms with van der Waals surface area (Å²) < 4.78 is 1.08. The highest BCUT2D eigenvalue weighted by molar-refractivity contribution is 9.10. The highest BCUT2D eigenvalue weighted by Gasteiger charge is 2.26. The van der Waals surface area contributed by atoms with Crippen LogP contribution in [-0.2, 0) is 11.3 Å². The number of hydrogen-bond acceptors (Lipinski definition) is 2. The molecule has 0 amide bonds. The number of allylic oxidation sites excluding steroid dienone is 2. The predicted octanol–water partition coefficient (Wildman–Crippen LogP) is 6.07. The zero-order chi connectivity index (χ0) is 17.6. The summed E-state index contributed by atoms with van der Waals surface area (Å²) in [5, 5.41) is 6.03. The first-order chi connectivity index (χ1) is 12.1. The van der Waals surface area contributed by atoms with Gasteiger partial charge in [0.05, 0.1) is 5.71 Å². The molecule has 25 heavy (non-hydrogen) atoms. The van der Waals surface area contributed by atoms with Crippen LogP contribution in [0.5, 0.6) is 0 Å². The summed E-state index contributed by atoms with van der Waals surface area (Å²) in [6.45, 7) is 1.98. The number of benzene rings is 2. The second-order valence-electron chi connectivity index (χ2n) is 6.11. The third-order valence-electron chi connectivity index (χ3n) is 4.50. The third kappa shape index (κ3) is 2.90. The van der Waals surface area contributed by atoms with Gasteiger partial charge < -0.3 is 9.82 Å². The Labute approximate surface area is 159 Å². The lowest BCUT2D eigenvalue weighted by atomic mass is 10.0. The standard InChI is InChI=1S/C20H16BrClN2O/c1-11(24-25-2)20-16-5-3-14(21)7-12(16)9-17(20)19-10-13-8-15(22)4-6-18(13)23-19/h3-8,10,23H,9H2,1-2H3/b24-11+. The van der Waals surface area contributed by atoms with E-state index in [1.807, 2.05) is 25.1 Å². The number of rotatable bonds is 3. The maximum atomic E-state index is 6.13. The van der Waals surface area contributed by atoms with Crippen molar-refractivity contribution in [2.45, 2.75) is 13.3 Å². The molecule has 0 radical (unpaired) electrons. The second kappa shape index (κ2) is 6.36. The Morgan fingerprint density at radius 3 is 2.84 bits per heavy atom. The molecule has 0 atom stereocenters. The van der Waals surface area contributed by atoms with E-state index in [1.54, 1.807) is 7.11 Å². The van der Waals surface area contributed by atoms with Crippen LogP contribution in [0.1, 0.15) is 23.7 Å². The van der Waals surface area contributed by atoms with Gasteiger partial charge in [-0.2, -0.15) is 0 Å². The minimum absolute atomic E-state index is 0.739. The topological polar surface area (TPSA) is 37.4 Å². The summed E-state index contributed by atoms with van der Waals surface area (Å²) in [6.07, 6.45) is 0.848. The van der Waals surface area contributed by atoms with Crippen LogP contribution < -0.4 is 0 Å². The van der Waals surface area contributed by atoms with Crippen molar-refractivity contribution in [3.05, 3.63) is 68.8 Å². The van der Waals surface area contributed by atoms with Gasteiger partial charge in [0.25, 0.3) is 0 Å². The normalized spacial score (nSPS) is 14.3. The first-order valence-corrected chi connectivity index (χ1v) is 9.12. The van der Waals surface area contributed by atoms with Gasteiger partial charge in [-0.05, 0) is 60.0 Å². The summed E-state index contributed by atoms with van der Waals surface area (Å²) in [5.74, 6) is 0. The monoisotopic (exact) mass is 414 g/mol. The Morgan fingerprint density at radius 2 is 2.04 bits per heavy atom. The molecule has 1 N–H and O–H groups in total. The fourth-order valence-corrected chi connectivity index (χ4v) is 4.07. The van der Waals surface area contributed by atoms with Gasteiger partial charge in [0.15, 0.2) is 0 Å². The first kappa shape index (κ1) is 16.4. The zero-order valence-corrected chi connectivity index (χ0v) is 16.2. The lowest BCUT2D eigenvalue weighted by molar-refractivity contribution is 0.214. The number of aromatic amines is 1. The number of oxime groups is 1. The number of fused-ring (bicyclic) bond motifs is 2. The van der Waals surface area contributed by atoms with Crippen LogP contribution in [0.3, 0.4) is 0 Å². The Morgan fingerprint density at radius 1 is 1.20 bits per heavy atom. The van der Waals surface area contributed by atoms with Crippen molar-refractivity contribution in [2.24, 2.45) is 5.16 Å². The molecule has 1 aliphatic rings. The molecule has 0 spiro atoms. The number of H-pyrrole nitrogens is 1. The SMILES string of the molecule is CO/N=C(\C)C1=C(c2cc3cc(Cl)ccc3[nH]2)Cc2cc(Br)ccc21. The molecule has 0 aliphatic heterocycles. The summed E-state index contributed by atoms with van der Waals surface area (Å²) in [7, 11) is 1.58. The number of aromatic nitrogens is 1. The van der Waals surface area contributed by atoms with E-state index in [0.717, 1.165) is 43.8 Å². The molecule has 0 saturated heterocycles. The van der Waals surface area contributed by atoms with Crippen molar-refractivity contribution in [3.63, 3.8) is 0 Å². The molecule has 2 aromatic carbocycles. The molecular weight excluding hydrogens is 400 g/mol. The van der Waals surface area contributed by atoms with Crippen molar-refractivity contribution in [1.82, 2.24) is 4.98 Å². The van der Waals surface area contributed by atoms with Gasteiger partial charge in [-0.1, -0.05) is 38.8 Å². The Balaban J connectivity index is 1.92. The molecule has 5 heteroatoms. The largest absolute Gasteiger partial charge is 0.399 e. The average molecular weight is 416 g/mol. The minimum Gasteiger partial charge on any atom is -0.399 e. The second-order valence-corrected chi connectivity index (χ2v) is 7.46. The van der Waals surface area contributed by atoms with Crippen molar-refractivity contribution in [1.29, 1.82) is 0 Å². The molecular formula is C20H16BrClN2O. The number of nitrogens with one attached hydrogen (secondary N) is 1. The van der Waals surface area contributed by atoms with E-state index in [9.17, 15) is 0 Å². The van der Waals surface area contributed by atoms with E-state index < -0.39 is 0 Å². The number of nitrogens with zero attached hydrogens (tertiary/aromatic N) is 1. The molecule has 1 aliphatic carbocycles. The summed E-state index contributed by atoms with van der Waals surface area (Å²) in [5.41, 5.74) is 7.86. The lowest BCUT2D eigenvalue weighted by Gasteiger charge is -2.07. The smallest absolute Gasteiger partial charge is 0.106 e.